The summed E-state index contributed by atoms with van der Waals surface area (Å²) in [5.41, 5.74) is 0. The molecule has 0 aliphatic heterocycles. The van der Waals surface area contributed by atoms with Crippen LogP contribution in [0, 0.1) is 0 Å². The molecule has 0 unspecified atom stereocenters. The predicted molar refractivity (Wildman–Crippen MR) is 32.6 cm³/mol. The van der Waals surface area contributed by atoms with E-state index in [4.69, 9.17) is 10.2 Å². The third kappa shape index (κ3) is 2.99. The minimum absolute atomic E-state index is 0.0463. The lowest BCUT2D eigenvalue weighted by Gasteiger charge is -1.91. The van der Waals surface area contributed by atoms with Crippen molar-refractivity contribution in [3.05, 3.63) is 0 Å². The molecule has 8 heavy (non-hydrogen) atoms. The number of aliphatic hydroxyl groups is 2. The zero-order valence-corrected chi connectivity index (χ0v) is 5.30. The molecule has 0 radical (unpaired) electrons. The van der Waals surface area contributed by atoms with E-state index in [1.165, 1.54) is 12.8 Å². The van der Waals surface area contributed by atoms with Crippen LogP contribution in [0.2, 0.25) is 0 Å². The zero-order valence-electron chi connectivity index (χ0n) is 5.30. The van der Waals surface area contributed by atoms with Crippen molar-refractivity contribution in [1.82, 2.24) is 0 Å². The lowest BCUT2D eigenvalue weighted by atomic mass is 10.3. The van der Waals surface area contributed by atoms with E-state index < -0.39 is 0 Å². The highest BCUT2D eigenvalue weighted by molar-refractivity contribution is 4.63. The molecule has 0 amide bonds. The van der Waals surface area contributed by atoms with E-state index in [1.807, 2.05) is 0 Å². The lowest BCUT2D eigenvalue weighted by Crippen LogP contribution is -1.94. The Morgan fingerprint density at radius 1 is 1.12 bits per heavy atom. The van der Waals surface area contributed by atoms with Gasteiger partial charge in [-0.25, -0.2) is 0 Å². The standard InChI is InChI=1S/C5H10O.CH4O/c6-5-3-1-2-4-5;1-2/h5-6H,1-4H2;2H,1H3. The minimum atomic E-state index is 0.0463. The highest BCUT2D eigenvalue weighted by Crippen LogP contribution is 2.16. The van der Waals surface area contributed by atoms with Crippen molar-refractivity contribution in [2.75, 3.05) is 7.11 Å². The van der Waals surface area contributed by atoms with Crippen molar-refractivity contribution < 1.29 is 10.2 Å². The van der Waals surface area contributed by atoms with E-state index in [2.05, 4.69) is 0 Å². The second kappa shape index (κ2) is 5.06. The van der Waals surface area contributed by atoms with Gasteiger partial charge in [0.25, 0.3) is 0 Å². The van der Waals surface area contributed by atoms with Crippen molar-refractivity contribution in [3.63, 3.8) is 0 Å². The summed E-state index contributed by atoms with van der Waals surface area (Å²) in [7, 11) is 1.00. The van der Waals surface area contributed by atoms with E-state index in [-0.39, 0.29) is 6.10 Å². The van der Waals surface area contributed by atoms with Crippen molar-refractivity contribution in [2.24, 2.45) is 0 Å². The molecule has 0 aromatic carbocycles. The fourth-order valence-electron chi connectivity index (χ4n) is 0.904. The Morgan fingerprint density at radius 2 is 1.50 bits per heavy atom. The van der Waals surface area contributed by atoms with Gasteiger partial charge in [-0.05, 0) is 12.8 Å². The maximum atomic E-state index is 8.73. The first kappa shape index (κ1) is 7.92. The molecule has 50 valence electrons. The summed E-state index contributed by atoms with van der Waals surface area (Å²) in [5.74, 6) is 0. The van der Waals surface area contributed by atoms with Crippen LogP contribution < -0.4 is 0 Å². The van der Waals surface area contributed by atoms with Crippen LogP contribution in [-0.2, 0) is 0 Å². The zero-order chi connectivity index (χ0) is 6.41. The van der Waals surface area contributed by atoms with Crippen molar-refractivity contribution in [3.8, 4) is 0 Å². The number of rotatable bonds is 0. The molecule has 0 saturated heterocycles. The van der Waals surface area contributed by atoms with Crippen molar-refractivity contribution >= 4 is 0 Å². The van der Waals surface area contributed by atoms with Crippen molar-refractivity contribution in [2.45, 2.75) is 31.8 Å². The highest BCUT2D eigenvalue weighted by atomic mass is 16.3. The molecule has 2 N–H and O–H groups in total. The van der Waals surface area contributed by atoms with Gasteiger partial charge in [0, 0.05) is 7.11 Å². The molecule has 0 heterocycles. The second-order valence-corrected chi connectivity index (χ2v) is 1.94. The minimum Gasteiger partial charge on any atom is -0.400 e. The van der Waals surface area contributed by atoms with Gasteiger partial charge >= 0.3 is 0 Å². The normalized spacial score (nSPS) is 19.9. The van der Waals surface area contributed by atoms with E-state index in [9.17, 15) is 0 Å². The largest absolute Gasteiger partial charge is 0.400 e. The highest BCUT2D eigenvalue weighted by Gasteiger charge is 2.09. The lowest BCUT2D eigenvalue weighted by molar-refractivity contribution is 0.183. The molecule has 0 atom stereocenters. The van der Waals surface area contributed by atoms with Crippen LogP contribution in [-0.4, -0.2) is 23.4 Å². The molecule has 1 saturated carbocycles. The van der Waals surface area contributed by atoms with Crippen LogP contribution in [0.3, 0.4) is 0 Å². The molecule has 0 aromatic rings. The summed E-state index contributed by atoms with van der Waals surface area (Å²) in [4.78, 5) is 0. The summed E-state index contributed by atoms with van der Waals surface area (Å²) in [6.07, 6.45) is 4.60. The number of aliphatic hydroxyl groups excluding tert-OH is 2. The summed E-state index contributed by atoms with van der Waals surface area (Å²) >= 11 is 0. The Kier molecular flexibility index (Phi) is 5.01. The van der Waals surface area contributed by atoms with Gasteiger partial charge in [-0.1, -0.05) is 12.8 Å². The van der Waals surface area contributed by atoms with Crippen LogP contribution in [0.4, 0.5) is 0 Å². The fraction of sp³-hybridized carbons (Fsp3) is 1.00. The third-order valence-corrected chi connectivity index (χ3v) is 1.32. The molecular formula is C6H14O2. The smallest absolute Gasteiger partial charge is 0.0540 e. The fourth-order valence-corrected chi connectivity index (χ4v) is 0.904. The van der Waals surface area contributed by atoms with Crippen LogP contribution >= 0.6 is 0 Å². The van der Waals surface area contributed by atoms with Gasteiger partial charge in [-0.2, -0.15) is 0 Å². The van der Waals surface area contributed by atoms with E-state index >= 15 is 0 Å². The molecule has 0 aromatic heterocycles. The van der Waals surface area contributed by atoms with E-state index in [0.717, 1.165) is 20.0 Å². The quantitative estimate of drug-likeness (QED) is 0.487. The second-order valence-electron chi connectivity index (χ2n) is 1.94. The summed E-state index contributed by atoms with van der Waals surface area (Å²) in [6.45, 7) is 0. The molecule has 2 nitrogen and oxygen atoms in total. The Labute approximate surface area is 50.2 Å². The first-order valence-corrected chi connectivity index (χ1v) is 3.02. The average Bonchev–Trinajstić information content (AvgIpc) is 2.24. The van der Waals surface area contributed by atoms with Crippen LogP contribution in [0.25, 0.3) is 0 Å². The maximum absolute atomic E-state index is 8.73. The van der Waals surface area contributed by atoms with Gasteiger partial charge in [0.1, 0.15) is 0 Å². The SMILES string of the molecule is CO.OC1CCCC1. The van der Waals surface area contributed by atoms with Gasteiger partial charge in [-0.3, -0.25) is 0 Å². The summed E-state index contributed by atoms with van der Waals surface area (Å²) < 4.78 is 0. The molecular weight excluding hydrogens is 104 g/mol. The Hall–Kier alpha value is -0.0800. The molecule has 1 fully saturated rings. The topological polar surface area (TPSA) is 40.5 Å². The van der Waals surface area contributed by atoms with Crippen molar-refractivity contribution in [1.29, 1.82) is 0 Å². The van der Waals surface area contributed by atoms with Gasteiger partial charge in [0.15, 0.2) is 0 Å². The maximum Gasteiger partial charge on any atom is 0.0540 e. The van der Waals surface area contributed by atoms with E-state index in [0.29, 0.717) is 0 Å². The predicted octanol–water partition coefficient (Wildman–Crippen LogP) is 0.530. The van der Waals surface area contributed by atoms with Crippen LogP contribution in [0.5, 0.6) is 0 Å². The molecule has 1 rings (SSSR count). The van der Waals surface area contributed by atoms with E-state index in [1.54, 1.807) is 0 Å². The number of hydrogen-bond acceptors (Lipinski definition) is 2. The Bertz CT molecular complexity index is 39.8. The van der Waals surface area contributed by atoms with Gasteiger partial charge < -0.3 is 10.2 Å². The molecule has 1 aliphatic rings. The van der Waals surface area contributed by atoms with Gasteiger partial charge in [-0.15, -0.1) is 0 Å². The van der Waals surface area contributed by atoms with Crippen LogP contribution in [0.15, 0.2) is 0 Å². The summed E-state index contributed by atoms with van der Waals surface area (Å²) in [5, 5.41) is 15.7. The third-order valence-electron chi connectivity index (χ3n) is 1.32. The Balaban J connectivity index is 0.000000222. The first-order chi connectivity index (χ1) is 3.89. The van der Waals surface area contributed by atoms with Crippen LogP contribution in [0.1, 0.15) is 25.7 Å². The molecule has 2 heteroatoms. The van der Waals surface area contributed by atoms with Gasteiger partial charge in [0.05, 0.1) is 6.10 Å². The van der Waals surface area contributed by atoms with Gasteiger partial charge in [0.2, 0.25) is 0 Å². The number of hydrogen-bond donors (Lipinski definition) is 2. The molecule has 0 spiro atoms. The summed E-state index contributed by atoms with van der Waals surface area (Å²) in [6, 6.07) is 0. The molecule has 1 aliphatic carbocycles. The monoisotopic (exact) mass is 118 g/mol. The first-order valence-electron chi connectivity index (χ1n) is 3.02. The molecule has 0 bridgehead atoms. The Morgan fingerprint density at radius 3 is 1.62 bits per heavy atom. The average molecular weight is 118 g/mol.